The van der Waals surface area contributed by atoms with Crippen molar-refractivity contribution in [3.63, 3.8) is 0 Å². The third-order valence-electron chi connectivity index (χ3n) is 3.10. The Kier molecular flexibility index (Phi) is 4.10. The molecule has 1 aromatic heterocycles. The Morgan fingerprint density at radius 2 is 1.89 bits per heavy atom. The number of benzene rings is 1. The molecular formula is C15H21N3O. The minimum Gasteiger partial charge on any atom is -0.437 e. The van der Waals surface area contributed by atoms with Gasteiger partial charge in [-0.1, -0.05) is 25.5 Å². The van der Waals surface area contributed by atoms with Crippen molar-refractivity contribution in [2.24, 2.45) is 0 Å². The largest absolute Gasteiger partial charge is 0.437 e. The molecule has 19 heavy (non-hydrogen) atoms. The summed E-state index contributed by atoms with van der Waals surface area (Å²) in [6, 6.07) is 8.14. The second kappa shape index (κ2) is 5.78. The molecule has 1 aromatic carbocycles. The Balaban J connectivity index is 2.21. The summed E-state index contributed by atoms with van der Waals surface area (Å²) in [5.41, 5.74) is 8.73. The Hall–Kier alpha value is -1.97. The van der Waals surface area contributed by atoms with Gasteiger partial charge in [0.2, 0.25) is 5.88 Å². The second-order valence-electron chi connectivity index (χ2n) is 4.62. The van der Waals surface area contributed by atoms with Gasteiger partial charge in [-0.2, -0.15) is 5.10 Å². The molecule has 0 aliphatic heterocycles. The summed E-state index contributed by atoms with van der Waals surface area (Å²) >= 11 is 0. The summed E-state index contributed by atoms with van der Waals surface area (Å²) in [6.45, 7) is 6.82. The number of hydrogen-bond donors (Lipinski definition) is 1. The van der Waals surface area contributed by atoms with Gasteiger partial charge in [0, 0.05) is 6.54 Å². The van der Waals surface area contributed by atoms with E-state index in [1.165, 1.54) is 5.56 Å². The van der Waals surface area contributed by atoms with Crippen LogP contribution >= 0.6 is 0 Å². The van der Waals surface area contributed by atoms with E-state index in [0.29, 0.717) is 11.6 Å². The molecule has 0 saturated carbocycles. The van der Waals surface area contributed by atoms with Crippen LogP contribution in [0.2, 0.25) is 0 Å². The molecule has 0 unspecified atom stereocenters. The Morgan fingerprint density at radius 1 is 1.21 bits per heavy atom. The molecule has 4 nitrogen and oxygen atoms in total. The number of nitrogen functional groups attached to an aromatic ring is 1. The molecule has 0 aliphatic rings. The van der Waals surface area contributed by atoms with Crippen molar-refractivity contribution in [1.29, 1.82) is 0 Å². The summed E-state index contributed by atoms with van der Waals surface area (Å²) in [5.74, 6) is 1.42. The molecule has 4 heteroatoms. The van der Waals surface area contributed by atoms with Gasteiger partial charge in [0.25, 0.3) is 0 Å². The molecular weight excluding hydrogens is 238 g/mol. The molecule has 0 bridgehead atoms. The van der Waals surface area contributed by atoms with Crippen molar-refractivity contribution in [3.05, 3.63) is 35.5 Å². The fraction of sp³-hybridized carbons (Fsp3) is 0.400. The lowest BCUT2D eigenvalue weighted by molar-refractivity contribution is 0.418. The highest BCUT2D eigenvalue weighted by atomic mass is 16.5. The van der Waals surface area contributed by atoms with Gasteiger partial charge in [-0.15, -0.1) is 0 Å². The van der Waals surface area contributed by atoms with E-state index in [-0.39, 0.29) is 0 Å². The van der Waals surface area contributed by atoms with Crippen LogP contribution in [0.15, 0.2) is 24.3 Å². The fourth-order valence-corrected chi connectivity index (χ4v) is 2.02. The minimum atomic E-state index is 0.611. The van der Waals surface area contributed by atoms with Crippen LogP contribution in [0.5, 0.6) is 11.6 Å². The second-order valence-corrected chi connectivity index (χ2v) is 4.62. The molecule has 0 fully saturated rings. The van der Waals surface area contributed by atoms with Crippen molar-refractivity contribution in [1.82, 2.24) is 9.78 Å². The van der Waals surface area contributed by atoms with Crippen LogP contribution in [0.25, 0.3) is 0 Å². The molecule has 0 aliphatic carbocycles. The predicted molar refractivity (Wildman–Crippen MR) is 77.6 cm³/mol. The van der Waals surface area contributed by atoms with E-state index in [0.717, 1.165) is 30.8 Å². The highest BCUT2D eigenvalue weighted by Crippen LogP contribution is 2.30. The number of hydrogen-bond acceptors (Lipinski definition) is 3. The van der Waals surface area contributed by atoms with E-state index in [2.05, 4.69) is 24.2 Å². The van der Waals surface area contributed by atoms with Crippen molar-refractivity contribution in [3.8, 4) is 11.6 Å². The SMILES string of the molecule is CCCc1ccc(Oc2c(N)c(C)nn2CC)cc1. The van der Waals surface area contributed by atoms with E-state index < -0.39 is 0 Å². The lowest BCUT2D eigenvalue weighted by Crippen LogP contribution is -2.00. The van der Waals surface area contributed by atoms with Crippen LogP contribution in [0.4, 0.5) is 5.69 Å². The fourth-order valence-electron chi connectivity index (χ4n) is 2.02. The average Bonchev–Trinajstić information content (AvgIpc) is 2.69. The zero-order chi connectivity index (χ0) is 13.8. The predicted octanol–water partition coefficient (Wildman–Crippen LogP) is 3.54. The van der Waals surface area contributed by atoms with Gasteiger partial charge in [0.1, 0.15) is 11.4 Å². The molecule has 2 aromatic rings. The maximum Gasteiger partial charge on any atom is 0.241 e. The molecule has 0 amide bonds. The Morgan fingerprint density at radius 3 is 2.47 bits per heavy atom. The molecule has 0 atom stereocenters. The quantitative estimate of drug-likeness (QED) is 0.893. The van der Waals surface area contributed by atoms with E-state index in [9.17, 15) is 0 Å². The number of nitrogens with zero attached hydrogens (tertiary/aromatic N) is 2. The number of nitrogens with two attached hydrogens (primary N) is 1. The first-order valence-electron chi connectivity index (χ1n) is 6.75. The normalized spacial score (nSPS) is 10.7. The van der Waals surface area contributed by atoms with Crippen molar-refractivity contribution in [2.45, 2.75) is 40.2 Å². The maximum absolute atomic E-state index is 6.00. The number of aromatic nitrogens is 2. The summed E-state index contributed by atoms with van der Waals surface area (Å²) in [7, 11) is 0. The molecule has 102 valence electrons. The average molecular weight is 259 g/mol. The van der Waals surface area contributed by atoms with Gasteiger partial charge in [-0.3, -0.25) is 0 Å². The lowest BCUT2D eigenvalue weighted by atomic mass is 10.1. The summed E-state index contributed by atoms with van der Waals surface area (Å²) in [5, 5.41) is 4.34. The third-order valence-corrected chi connectivity index (χ3v) is 3.10. The van der Waals surface area contributed by atoms with E-state index in [4.69, 9.17) is 10.5 Å². The summed E-state index contributed by atoms with van der Waals surface area (Å²) in [4.78, 5) is 0. The lowest BCUT2D eigenvalue weighted by Gasteiger charge is -2.08. The summed E-state index contributed by atoms with van der Waals surface area (Å²) < 4.78 is 7.64. The van der Waals surface area contributed by atoms with Gasteiger partial charge in [-0.05, 0) is 38.0 Å². The van der Waals surface area contributed by atoms with Crippen LogP contribution in [-0.2, 0) is 13.0 Å². The minimum absolute atomic E-state index is 0.611. The molecule has 1 heterocycles. The van der Waals surface area contributed by atoms with E-state index in [1.54, 1.807) is 4.68 Å². The number of anilines is 1. The first-order chi connectivity index (χ1) is 9.15. The van der Waals surface area contributed by atoms with Crippen LogP contribution in [-0.4, -0.2) is 9.78 Å². The highest BCUT2D eigenvalue weighted by molar-refractivity contribution is 5.54. The van der Waals surface area contributed by atoms with Crippen LogP contribution in [0.3, 0.4) is 0 Å². The van der Waals surface area contributed by atoms with Gasteiger partial charge in [-0.25, -0.2) is 4.68 Å². The maximum atomic E-state index is 6.00. The molecule has 2 N–H and O–H groups in total. The van der Waals surface area contributed by atoms with Crippen LogP contribution < -0.4 is 10.5 Å². The molecule has 0 spiro atoms. The monoisotopic (exact) mass is 259 g/mol. The van der Waals surface area contributed by atoms with E-state index >= 15 is 0 Å². The zero-order valence-corrected chi connectivity index (χ0v) is 11.8. The third kappa shape index (κ3) is 2.89. The first-order valence-corrected chi connectivity index (χ1v) is 6.75. The number of aryl methyl sites for hydroxylation is 3. The zero-order valence-electron chi connectivity index (χ0n) is 11.8. The van der Waals surface area contributed by atoms with Gasteiger partial charge in [0.05, 0.1) is 5.69 Å². The standard InChI is InChI=1S/C15H21N3O/c1-4-6-12-7-9-13(10-8-12)19-15-14(16)11(3)17-18(15)5-2/h7-10H,4-6,16H2,1-3H3. The number of rotatable bonds is 5. The first kappa shape index (κ1) is 13.5. The van der Waals surface area contributed by atoms with Crippen molar-refractivity contribution < 1.29 is 4.74 Å². The van der Waals surface area contributed by atoms with Gasteiger partial charge >= 0.3 is 0 Å². The number of ether oxygens (including phenoxy) is 1. The smallest absolute Gasteiger partial charge is 0.241 e. The van der Waals surface area contributed by atoms with Gasteiger partial charge < -0.3 is 10.5 Å². The Bertz CT molecular complexity index is 543. The topological polar surface area (TPSA) is 53.1 Å². The van der Waals surface area contributed by atoms with Crippen molar-refractivity contribution in [2.75, 3.05) is 5.73 Å². The molecule has 0 radical (unpaired) electrons. The van der Waals surface area contributed by atoms with Crippen molar-refractivity contribution >= 4 is 5.69 Å². The van der Waals surface area contributed by atoms with Gasteiger partial charge in [0.15, 0.2) is 0 Å². The molecule has 2 rings (SSSR count). The van der Waals surface area contributed by atoms with Crippen LogP contribution in [0.1, 0.15) is 31.5 Å². The highest BCUT2D eigenvalue weighted by Gasteiger charge is 2.13. The molecule has 0 saturated heterocycles. The van der Waals surface area contributed by atoms with E-state index in [1.807, 2.05) is 26.0 Å². The summed E-state index contributed by atoms with van der Waals surface area (Å²) in [6.07, 6.45) is 2.24. The Labute approximate surface area is 114 Å². The van der Waals surface area contributed by atoms with Crippen LogP contribution in [0, 0.1) is 6.92 Å².